The van der Waals surface area contributed by atoms with Gasteiger partial charge in [-0.25, -0.2) is 0 Å². The predicted octanol–water partition coefficient (Wildman–Crippen LogP) is 7.97. The molecule has 2 aromatic rings. The molecule has 0 aliphatic rings. The second kappa shape index (κ2) is 12.0. The molecule has 1 unspecified atom stereocenters. The number of rotatable bonds is 13. The molecule has 2 rings (SSSR count). The van der Waals surface area contributed by atoms with Crippen molar-refractivity contribution in [1.82, 2.24) is 0 Å². The molecule has 182 valence electrons. The van der Waals surface area contributed by atoms with Crippen molar-refractivity contribution in [1.29, 1.82) is 0 Å². The number of carbonyl (C=O) groups excluding carboxylic acids is 1. The fourth-order valence-corrected chi connectivity index (χ4v) is 3.96. The summed E-state index contributed by atoms with van der Waals surface area (Å²) in [5.74, 6) is 0.903. The quantitative estimate of drug-likeness (QED) is 0.292. The number of hydrogen-bond acceptors (Lipinski definition) is 4. The topological polar surface area (TPSA) is 38.3 Å². The highest BCUT2D eigenvalue weighted by Crippen LogP contribution is 2.39. The minimum absolute atomic E-state index is 0.0449. The second-order valence-electron chi connectivity index (χ2n) is 10.3. The number of carbonyl (C=O) groups is 1. The third-order valence-electron chi connectivity index (χ3n) is 7.06. The monoisotopic (exact) mass is 469 g/mol. The Labute approximate surface area is 207 Å². The summed E-state index contributed by atoms with van der Waals surface area (Å²) in [5, 5.41) is 3.24. The number of ether oxygens (including phenoxy) is 1. The Morgan fingerprint density at radius 3 is 2.27 bits per heavy atom. The van der Waals surface area contributed by atoms with Gasteiger partial charge in [-0.05, 0) is 60.3 Å². The number of thiol groups is 1. The van der Waals surface area contributed by atoms with Crippen LogP contribution in [-0.4, -0.2) is 18.4 Å². The van der Waals surface area contributed by atoms with Crippen molar-refractivity contribution in [2.24, 2.45) is 0 Å². The van der Waals surface area contributed by atoms with Crippen LogP contribution in [0.15, 0.2) is 47.4 Å². The molecule has 0 bridgehead atoms. The zero-order chi connectivity index (χ0) is 24.6. The van der Waals surface area contributed by atoms with Crippen molar-refractivity contribution in [3.63, 3.8) is 0 Å². The minimum Gasteiger partial charge on any atom is -0.482 e. The number of benzene rings is 2. The maximum Gasteiger partial charge on any atom is 0.192 e. The molecule has 0 saturated heterocycles. The van der Waals surface area contributed by atoms with Crippen molar-refractivity contribution in [3.8, 4) is 5.75 Å². The van der Waals surface area contributed by atoms with Crippen LogP contribution >= 0.6 is 12.6 Å². The molecule has 0 aliphatic carbocycles. The third kappa shape index (κ3) is 7.27. The Morgan fingerprint density at radius 2 is 1.67 bits per heavy atom. The maximum atomic E-state index is 13.2. The molecular weight excluding hydrogens is 426 g/mol. The van der Waals surface area contributed by atoms with Gasteiger partial charge in [0.05, 0.1) is 6.54 Å². The fraction of sp³-hybridized carbons (Fsp3) is 0.552. The lowest BCUT2D eigenvalue weighted by Gasteiger charge is -2.31. The normalized spacial score (nSPS) is 13.0. The first kappa shape index (κ1) is 27.3. The van der Waals surface area contributed by atoms with Crippen molar-refractivity contribution < 1.29 is 9.53 Å². The number of Topliss-reactive ketones (excluding diaryl/α,β-unsaturated/α-hetero) is 1. The summed E-state index contributed by atoms with van der Waals surface area (Å²) in [4.78, 5) is 14.1. The van der Waals surface area contributed by atoms with E-state index in [1.165, 1.54) is 11.1 Å². The number of unbranched alkanes of at least 4 members (excludes halogenated alkanes) is 1. The van der Waals surface area contributed by atoms with Gasteiger partial charge < -0.3 is 10.1 Å². The van der Waals surface area contributed by atoms with Crippen LogP contribution in [0.4, 0.5) is 5.69 Å². The van der Waals surface area contributed by atoms with Gasteiger partial charge in [-0.3, -0.25) is 4.79 Å². The van der Waals surface area contributed by atoms with E-state index in [0.717, 1.165) is 42.0 Å². The summed E-state index contributed by atoms with van der Waals surface area (Å²) >= 11 is 4.48. The number of hydrogen-bond donors (Lipinski definition) is 2. The van der Waals surface area contributed by atoms with E-state index < -0.39 is 6.10 Å². The van der Waals surface area contributed by atoms with Crippen molar-refractivity contribution >= 4 is 24.1 Å². The Morgan fingerprint density at radius 1 is 1.00 bits per heavy atom. The molecule has 33 heavy (non-hydrogen) atoms. The molecule has 0 fully saturated rings. The Balaban J connectivity index is 2.32. The second-order valence-corrected chi connectivity index (χ2v) is 10.8. The smallest absolute Gasteiger partial charge is 0.192 e. The molecule has 1 atom stereocenters. The van der Waals surface area contributed by atoms with E-state index in [1.807, 2.05) is 24.3 Å². The average Bonchev–Trinajstić information content (AvgIpc) is 2.80. The van der Waals surface area contributed by atoms with Crippen molar-refractivity contribution in [3.05, 3.63) is 53.6 Å². The largest absolute Gasteiger partial charge is 0.482 e. The molecule has 0 aliphatic heterocycles. The highest BCUT2D eigenvalue weighted by atomic mass is 32.1. The van der Waals surface area contributed by atoms with Gasteiger partial charge in [-0.2, -0.15) is 0 Å². The summed E-state index contributed by atoms with van der Waals surface area (Å²) in [6.45, 7) is 15.9. The summed E-state index contributed by atoms with van der Waals surface area (Å²) < 4.78 is 6.51. The Bertz CT molecular complexity index is 920. The van der Waals surface area contributed by atoms with E-state index in [1.54, 1.807) is 0 Å². The van der Waals surface area contributed by atoms with Gasteiger partial charge in [-0.15, -0.1) is 12.6 Å². The van der Waals surface area contributed by atoms with Gasteiger partial charge in [0, 0.05) is 16.1 Å². The molecular formula is C29H43NO2S. The third-order valence-corrected chi connectivity index (χ3v) is 7.45. The fourth-order valence-electron chi connectivity index (χ4n) is 3.72. The zero-order valence-electron chi connectivity index (χ0n) is 21.6. The maximum absolute atomic E-state index is 13.2. The number of ketones is 1. The van der Waals surface area contributed by atoms with Crippen LogP contribution < -0.4 is 10.1 Å². The average molecular weight is 470 g/mol. The number of para-hydroxylation sites is 1. The molecule has 4 heteroatoms. The van der Waals surface area contributed by atoms with Gasteiger partial charge in [0.1, 0.15) is 5.75 Å². The van der Waals surface area contributed by atoms with Gasteiger partial charge in [-0.1, -0.05) is 79.2 Å². The van der Waals surface area contributed by atoms with Crippen LogP contribution in [0.25, 0.3) is 0 Å². The summed E-state index contributed by atoms with van der Waals surface area (Å²) in [6.07, 6.45) is 4.28. The lowest BCUT2D eigenvalue weighted by molar-refractivity contribution is -0.124. The van der Waals surface area contributed by atoms with Crippen molar-refractivity contribution in [2.45, 2.75) is 102 Å². The Hall–Kier alpha value is -1.94. The van der Waals surface area contributed by atoms with E-state index >= 15 is 0 Å². The van der Waals surface area contributed by atoms with Gasteiger partial charge in [0.15, 0.2) is 11.9 Å². The lowest BCUT2D eigenvalue weighted by Crippen LogP contribution is -2.33. The Kier molecular flexibility index (Phi) is 9.90. The zero-order valence-corrected chi connectivity index (χ0v) is 22.5. The van der Waals surface area contributed by atoms with E-state index in [4.69, 9.17) is 4.74 Å². The first-order chi connectivity index (χ1) is 15.6. The van der Waals surface area contributed by atoms with Crippen LogP contribution in [0.3, 0.4) is 0 Å². The highest BCUT2D eigenvalue weighted by Gasteiger charge is 2.29. The molecule has 0 saturated carbocycles. The number of nitrogens with one attached hydrogen (secondary N) is 1. The summed E-state index contributed by atoms with van der Waals surface area (Å²) in [7, 11) is 0. The van der Waals surface area contributed by atoms with Crippen LogP contribution in [-0.2, 0) is 15.6 Å². The van der Waals surface area contributed by atoms with Crippen LogP contribution in [0.1, 0.15) is 91.7 Å². The van der Waals surface area contributed by atoms with Crippen LogP contribution in [0, 0.1) is 0 Å². The lowest BCUT2D eigenvalue weighted by atomic mass is 9.76. The minimum atomic E-state index is -0.471. The molecule has 0 heterocycles. The summed E-state index contributed by atoms with van der Waals surface area (Å²) in [6, 6.07) is 14.3. The molecule has 1 N–H and O–H groups in total. The molecule has 2 aromatic carbocycles. The van der Waals surface area contributed by atoms with Gasteiger partial charge >= 0.3 is 0 Å². The molecule has 0 radical (unpaired) electrons. The SMILES string of the molecule is CCCCC(Oc1ccc(C(C)(C)CC)cc1C(C)(C)CC)C(=O)CNc1ccccc1S. The predicted molar refractivity (Wildman–Crippen MR) is 144 cm³/mol. The molecule has 3 nitrogen and oxygen atoms in total. The summed E-state index contributed by atoms with van der Waals surface area (Å²) in [5.41, 5.74) is 3.42. The first-order valence-electron chi connectivity index (χ1n) is 12.4. The molecule has 0 aromatic heterocycles. The van der Waals surface area contributed by atoms with Crippen LogP contribution in [0.2, 0.25) is 0 Å². The molecule has 0 spiro atoms. The van der Waals surface area contributed by atoms with E-state index in [-0.39, 0.29) is 23.2 Å². The van der Waals surface area contributed by atoms with Crippen molar-refractivity contribution in [2.75, 3.05) is 11.9 Å². The van der Waals surface area contributed by atoms with Gasteiger partial charge in [0.2, 0.25) is 0 Å². The first-order valence-corrected chi connectivity index (χ1v) is 12.9. The standard InChI is InChI=1S/C29H43NO2S/c1-8-11-15-26(24(31)20-30-23-14-12-13-16-27(23)33)32-25-18-17-21(28(4,5)9-2)19-22(25)29(6,7)10-3/h12-14,16-19,26,30,33H,8-11,15,20H2,1-7H3. The number of anilines is 1. The van der Waals surface area contributed by atoms with E-state index in [2.05, 4.69) is 84.6 Å². The highest BCUT2D eigenvalue weighted by molar-refractivity contribution is 7.80. The molecule has 0 amide bonds. The van der Waals surface area contributed by atoms with Gasteiger partial charge in [0.25, 0.3) is 0 Å². The van der Waals surface area contributed by atoms with E-state index in [0.29, 0.717) is 6.42 Å². The van der Waals surface area contributed by atoms with Crippen LogP contribution in [0.5, 0.6) is 5.75 Å². The van der Waals surface area contributed by atoms with E-state index in [9.17, 15) is 4.79 Å².